The van der Waals surface area contributed by atoms with Crippen molar-refractivity contribution >= 4 is 17.5 Å². The van der Waals surface area contributed by atoms with Gasteiger partial charge in [0.1, 0.15) is 17.4 Å². The molecule has 0 aliphatic rings. The highest BCUT2D eigenvalue weighted by molar-refractivity contribution is 5.68. The van der Waals surface area contributed by atoms with Crippen LogP contribution >= 0.6 is 0 Å². The monoisotopic (exact) mass is 434 g/mol. The number of aryl methyl sites for hydroxylation is 1. The number of anilines is 3. The number of ether oxygens (including phenoxy) is 1. The van der Waals surface area contributed by atoms with Crippen LogP contribution in [-0.4, -0.2) is 22.4 Å². The van der Waals surface area contributed by atoms with E-state index in [9.17, 15) is 17.6 Å². The highest BCUT2D eigenvalue weighted by Gasteiger charge is 2.31. The third-order valence-corrected chi connectivity index (χ3v) is 4.52. The van der Waals surface area contributed by atoms with Gasteiger partial charge in [-0.05, 0) is 50.1 Å². The van der Waals surface area contributed by atoms with Crippen molar-refractivity contribution in [2.24, 2.45) is 0 Å². The second-order valence-corrected chi connectivity index (χ2v) is 7.08. The Bertz CT molecular complexity index is 1060. The van der Waals surface area contributed by atoms with Crippen LogP contribution in [0, 0.1) is 12.7 Å². The number of hydrogen-bond donors (Lipinski definition) is 2. The van der Waals surface area contributed by atoms with Crippen molar-refractivity contribution < 1.29 is 22.3 Å². The molecule has 0 radical (unpaired) electrons. The number of alkyl halides is 3. The van der Waals surface area contributed by atoms with Crippen LogP contribution in [0.5, 0.6) is 5.75 Å². The molecular weight excluding hydrogens is 412 g/mol. The van der Waals surface area contributed by atoms with E-state index in [-0.39, 0.29) is 17.6 Å². The van der Waals surface area contributed by atoms with E-state index in [1.165, 1.54) is 24.3 Å². The number of hydrogen-bond acceptors (Lipinski definition) is 5. The Morgan fingerprint density at radius 1 is 1.06 bits per heavy atom. The molecule has 9 heteroatoms. The molecule has 0 spiro atoms. The molecule has 31 heavy (non-hydrogen) atoms. The highest BCUT2D eigenvalue weighted by Crippen LogP contribution is 2.29. The normalized spacial score (nSPS) is 12.4. The fourth-order valence-electron chi connectivity index (χ4n) is 2.72. The summed E-state index contributed by atoms with van der Waals surface area (Å²) in [7, 11) is 0. The van der Waals surface area contributed by atoms with Gasteiger partial charge in [0, 0.05) is 23.4 Å². The van der Waals surface area contributed by atoms with E-state index in [1.807, 2.05) is 13.8 Å². The second-order valence-electron chi connectivity index (χ2n) is 7.08. The van der Waals surface area contributed by atoms with Gasteiger partial charge in [0.15, 0.2) is 0 Å². The molecule has 1 atom stereocenters. The minimum atomic E-state index is -4.80. The second kappa shape index (κ2) is 9.20. The topological polar surface area (TPSA) is 59.1 Å². The van der Waals surface area contributed by atoms with E-state index in [1.54, 1.807) is 31.2 Å². The molecule has 0 amide bonds. The highest BCUT2D eigenvalue weighted by atomic mass is 19.4. The largest absolute Gasteiger partial charge is 0.573 e. The molecular formula is C22H22F4N4O. The number of nitrogens with one attached hydrogen (secondary N) is 2. The van der Waals surface area contributed by atoms with Gasteiger partial charge >= 0.3 is 6.36 Å². The number of nitrogens with zero attached hydrogens (tertiary/aromatic N) is 2. The average Bonchev–Trinajstić information content (AvgIpc) is 2.69. The summed E-state index contributed by atoms with van der Waals surface area (Å²) in [6.07, 6.45) is -3.98. The van der Waals surface area contributed by atoms with Crippen LogP contribution in [0.3, 0.4) is 0 Å². The van der Waals surface area contributed by atoms with Crippen LogP contribution in [-0.2, 0) is 0 Å². The van der Waals surface area contributed by atoms with Gasteiger partial charge in [-0.25, -0.2) is 9.37 Å². The van der Waals surface area contributed by atoms with Crippen molar-refractivity contribution in [3.05, 3.63) is 59.9 Å². The summed E-state index contributed by atoms with van der Waals surface area (Å²) in [6, 6.07) is 11.9. The molecule has 3 aromatic rings. The Labute approximate surface area is 177 Å². The van der Waals surface area contributed by atoms with Gasteiger partial charge in [-0.15, -0.1) is 13.2 Å². The summed E-state index contributed by atoms with van der Waals surface area (Å²) in [5.74, 6) is -0.0605. The lowest BCUT2D eigenvalue weighted by molar-refractivity contribution is -0.274. The smallest absolute Gasteiger partial charge is 0.406 e. The lowest BCUT2D eigenvalue weighted by Gasteiger charge is -2.15. The summed E-state index contributed by atoms with van der Waals surface area (Å²) < 4.78 is 55.7. The fraction of sp³-hybridized carbons (Fsp3) is 0.273. The SMILES string of the molecule is CC[C@H](C)Nc1nc(Nc2ccc(C)c(F)c2)cc(-c2cccc(OC(F)(F)F)c2)n1. The van der Waals surface area contributed by atoms with Crippen molar-refractivity contribution in [2.75, 3.05) is 10.6 Å². The summed E-state index contributed by atoms with van der Waals surface area (Å²) >= 11 is 0. The molecule has 2 aromatic carbocycles. The van der Waals surface area contributed by atoms with Gasteiger partial charge in [-0.1, -0.05) is 25.1 Å². The van der Waals surface area contributed by atoms with Crippen LogP contribution in [0.1, 0.15) is 25.8 Å². The Morgan fingerprint density at radius 3 is 2.52 bits per heavy atom. The predicted molar refractivity (Wildman–Crippen MR) is 112 cm³/mol. The lowest BCUT2D eigenvalue weighted by atomic mass is 10.1. The van der Waals surface area contributed by atoms with Crippen LogP contribution in [0.2, 0.25) is 0 Å². The van der Waals surface area contributed by atoms with E-state index in [0.717, 1.165) is 6.42 Å². The van der Waals surface area contributed by atoms with Gasteiger partial charge in [-0.2, -0.15) is 4.98 Å². The summed E-state index contributed by atoms with van der Waals surface area (Å²) in [5.41, 5.74) is 1.78. The zero-order chi connectivity index (χ0) is 22.6. The maximum absolute atomic E-state index is 13.9. The third-order valence-electron chi connectivity index (χ3n) is 4.52. The standard InChI is InChI=1S/C22H22F4N4O/c1-4-14(3)27-21-29-19(15-6-5-7-17(10-15)31-22(24,25)26)12-20(30-21)28-16-9-8-13(2)18(23)11-16/h5-12,14H,4H2,1-3H3,(H2,27,28,29,30)/t14-/m0/s1. The van der Waals surface area contributed by atoms with Crippen molar-refractivity contribution in [1.29, 1.82) is 0 Å². The summed E-state index contributed by atoms with van der Waals surface area (Å²) in [6.45, 7) is 5.61. The van der Waals surface area contributed by atoms with Crippen LogP contribution in [0.25, 0.3) is 11.3 Å². The Morgan fingerprint density at radius 2 is 1.84 bits per heavy atom. The van der Waals surface area contributed by atoms with E-state index in [2.05, 4.69) is 25.3 Å². The maximum atomic E-state index is 13.9. The Kier molecular flexibility index (Phi) is 6.62. The van der Waals surface area contributed by atoms with E-state index >= 15 is 0 Å². The first-order valence-corrected chi connectivity index (χ1v) is 9.68. The van der Waals surface area contributed by atoms with Crippen molar-refractivity contribution in [1.82, 2.24) is 9.97 Å². The molecule has 5 nitrogen and oxygen atoms in total. The van der Waals surface area contributed by atoms with Crippen molar-refractivity contribution in [3.8, 4) is 17.0 Å². The fourth-order valence-corrected chi connectivity index (χ4v) is 2.72. The minimum absolute atomic E-state index is 0.0693. The molecule has 0 aliphatic heterocycles. The van der Waals surface area contributed by atoms with Gasteiger partial charge in [0.05, 0.1) is 5.69 Å². The zero-order valence-electron chi connectivity index (χ0n) is 17.2. The molecule has 0 bridgehead atoms. The van der Waals surface area contributed by atoms with E-state index < -0.39 is 6.36 Å². The van der Waals surface area contributed by atoms with Gasteiger partial charge in [-0.3, -0.25) is 0 Å². The first-order valence-electron chi connectivity index (χ1n) is 9.68. The van der Waals surface area contributed by atoms with Crippen molar-refractivity contribution in [3.63, 3.8) is 0 Å². The molecule has 0 fully saturated rings. The van der Waals surface area contributed by atoms with Gasteiger partial charge < -0.3 is 15.4 Å². The molecule has 0 aliphatic carbocycles. The van der Waals surface area contributed by atoms with E-state index in [4.69, 9.17) is 0 Å². The van der Waals surface area contributed by atoms with Crippen LogP contribution in [0.15, 0.2) is 48.5 Å². The molecule has 0 saturated carbocycles. The third kappa shape index (κ3) is 6.31. The van der Waals surface area contributed by atoms with Gasteiger partial charge in [0.25, 0.3) is 0 Å². The van der Waals surface area contributed by atoms with Crippen molar-refractivity contribution in [2.45, 2.75) is 39.6 Å². The summed E-state index contributed by atoms with van der Waals surface area (Å²) in [4.78, 5) is 8.84. The number of benzene rings is 2. The molecule has 1 heterocycles. The molecule has 0 saturated heterocycles. The summed E-state index contributed by atoms with van der Waals surface area (Å²) in [5, 5.41) is 6.18. The average molecular weight is 434 g/mol. The molecule has 2 N–H and O–H groups in total. The predicted octanol–water partition coefficient (Wildman–Crippen LogP) is 6.44. The minimum Gasteiger partial charge on any atom is -0.406 e. The molecule has 3 rings (SSSR count). The Hall–Kier alpha value is -3.36. The first kappa shape index (κ1) is 22.3. The van der Waals surface area contributed by atoms with Gasteiger partial charge in [0.2, 0.25) is 5.95 Å². The number of aromatic nitrogens is 2. The number of rotatable bonds is 7. The maximum Gasteiger partial charge on any atom is 0.573 e. The first-order chi connectivity index (χ1) is 14.6. The quantitative estimate of drug-likeness (QED) is 0.419. The number of halogens is 4. The Balaban J connectivity index is 1.99. The zero-order valence-corrected chi connectivity index (χ0v) is 17.2. The van der Waals surface area contributed by atoms with Crippen LogP contribution in [0.4, 0.5) is 35.0 Å². The molecule has 164 valence electrons. The molecule has 0 unspecified atom stereocenters. The lowest BCUT2D eigenvalue weighted by Crippen LogP contribution is -2.17. The van der Waals surface area contributed by atoms with Crippen LogP contribution < -0.4 is 15.4 Å². The molecule has 1 aromatic heterocycles. The van der Waals surface area contributed by atoms with E-state index in [0.29, 0.717) is 34.3 Å².